The van der Waals surface area contributed by atoms with E-state index in [1.54, 1.807) is 21.1 Å². The van der Waals surface area contributed by atoms with E-state index in [1.165, 1.54) is 12.8 Å². The van der Waals surface area contributed by atoms with Gasteiger partial charge in [-0.1, -0.05) is 113 Å². The van der Waals surface area contributed by atoms with Gasteiger partial charge in [-0.25, -0.2) is 0 Å². The Morgan fingerprint density at radius 1 is 0.646 bits per heavy atom. The number of quaternary nitrogens is 1. The summed E-state index contributed by atoms with van der Waals surface area (Å²) in [6.45, 7) is 4.39. The summed E-state index contributed by atoms with van der Waals surface area (Å²) in [5.74, 6) is -1.81. The van der Waals surface area contributed by atoms with Crippen molar-refractivity contribution < 1.29 is 38.2 Å². The van der Waals surface area contributed by atoms with E-state index in [0.29, 0.717) is 12.8 Å². The molecule has 0 aromatic carbocycles. The zero-order valence-electron chi connectivity index (χ0n) is 30.9. The Balaban J connectivity index is 4.54. The number of allylic oxidation sites excluding steroid dienone is 10. The summed E-state index contributed by atoms with van der Waals surface area (Å²) in [7, 11) is 5.37. The number of carboxylic acids is 1. The Morgan fingerprint density at radius 2 is 1.19 bits per heavy atom. The number of unbranched alkanes of at least 4 members (excludes halogenated alkanes) is 10. The number of hydrogen-bond acceptors (Lipinski definition) is 7. The first-order valence-corrected chi connectivity index (χ1v) is 18.4. The molecule has 0 saturated heterocycles. The second-order valence-corrected chi connectivity index (χ2v) is 13.2. The molecule has 0 aliphatic heterocycles. The van der Waals surface area contributed by atoms with Crippen LogP contribution in [0, 0.1) is 0 Å². The summed E-state index contributed by atoms with van der Waals surface area (Å²) in [5, 5.41) is 11.6. The minimum atomic E-state index is -1.14. The smallest absolute Gasteiger partial charge is 0.306 e. The van der Waals surface area contributed by atoms with Gasteiger partial charge in [0.2, 0.25) is 0 Å². The van der Waals surface area contributed by atoms with Gasteiger partial charge in [0.05, 0.1) is 40.3 Å². The summed E-state index contributed by atoms with van der Waals surface area (Å²) in [4.78, 5) is 36.6. The van der Waals surface area contributed by atoms with Crippen LogP contribution in [-0.4, -0.2) is 75.5 Å². The minimum absolute atomic E-state index is 0.0215. The van der Waals surface area contributed by atoms with Gasteiger partial charge in [0.25, 0.3) is 0 Å². The maximum atomic E-state index is 12.6. The van der Waals surface area contributed by atoms with Crippen LogP contribution in [0.25, 0.3) is 0 Å². The van der Waals surface area contributed by atoms with E-state index in [0.717, 1.165) is 77.0 Å². The highest BCUT2D eigenvalue weighted by atomic mass is 16.6. The average Bonchev–Trinajstić information content (AvgIpc) is 3.03. The molecule has 0 spiro atoms. The van der Waals surface area contributed by atoms with Gasteiger partial charge in [-0.15, -0.1) is 0 Å². The molecular formula is C40H67NO7. The molecule has 0 rings (SSSR count). The summed E-state index contributed by atoms with van der Waals surface area (Å²) in [6, 6.07) is -0.733. The predicted molar refractivity (Wildman–Crippen MR) is 194 cm³/mol. The van der Waals surface area contributed by atoms with Gasteiger partial charge in [-0.3, -0.25) is 9.59 Å². The largest absolute Gasteiger partial charge is 0.544 e. The topological polar surface area (TPSA) is 102 Å². The molecule has 0 heterocycles. The molecule has 0 aliphatic carbocycles. The molecule has 0 bridgehead atoms. The first-order chi connectivity index (χ1) is 23.1. The fourth-order valence-corrected chi connectivity index (χ4v) is 4.82. The molecule has 2 atom stereocenters. The molecule has 8 heteroatoms. The van der Waals surface area contributed by atoms with Gasteiger partial charge in [0, 0.05) is 19.3 Å². The molecule has 0 saturated carbocycles. The van der Waals surface area contributed by atoms with Crippen LogP contribution in [0.5, 0.6) is 0 Å². The standard InChI is InChI=1S/C40H67NO7/c1-6-8-10-12-14-16-18-19-21-22-24-26-28-30-38(42)47-35-36(34-46-33-32-37(40(44)45)41(3,4)5)48-39(43)31-29-27-25-23-20-17-15-13-11-9-7-2/h8,10,12-16,18-19,21,36-37H,6-7,9,11,17,20,22-35H2,1-5H3/b10-8+,14-12+,15-13+,18-16+,21-19+. The highest BCUT2D eigenvalue weighted by Gasteiger charge is 2.25. The third-order valence-electron chi connectivity index (χ3n) is 7.73. The van der Waals surface area contributed by atoms with E-state index in [2.05, 4.69) is 38.2 Å². The quantitative estimate of drug-likeness (QED) is 0.0244. The van der Waals surface area contributed by atoms with Gasteiger partial charge >= 0.3 is 11.9 Å². The summed E-state index contributed by atoms with van der Waals surface area (Å²) < 4.78 is 17.0. The van der Waals surface area contributed by atoms with E-state index in [9.17, 15) is 19.5 Å². The zero-order chi connectivity index (χ0) is 35.7. The van der Waals surface area contributed by atoms with Crippen LogP contribution in [0.15, 0.2) is 60.8 Å². The van der Waals surface area contributed by atoms with E-state index < -0.39 is 18.1 Å². The molecule has 0 amide bonds. The Labute approximate surface area is 292 Å². The normalized spacial score (nSPS) is 13.8. The van der Waals surface area contributed by atoms with Crippen LogP contribution >= 0.6 is 0 Å². The third-order valence-corrected chi connectivity index (χ3v) is 7.73. The molecule has 0 fully saturated rings. The monoisotopic (exact) mass is 673 g/mol. The lowest BCUT2D eigenvalue weighted by Gasteiger charge is -2.34. The van der Waals surface area contributed by atoms with Gasteiger partial charge in [-0.2, -0.15) is 0 Å². The number of carbonyl (C=O) groups is 3. The third kappa shape index (κ3) is 29.2. The predicted octanol–water partition coefficient (Wildman–Crippen LogP) is 7.74. The number of hydrogen-bond donors (Lipinski definition) is 0. The highest BCUT2D eigenvalue weighted by molar-refractivity contribution is 5.70. The SMILES string of the molecule is CC/C=C/C=C/C=C/C=C/CCCCCC(=O)OCC(COCCC(C(=O)[O-])[N+](C)(C)C)OC(=O)CCCCCCC/C=C/CCCC. The van der Waals surface area contributed by atoms with Gasteiger partial charge in [-0.05, 0) is 51.4 Å². The van der Waals surface area contributed by atoms with Crippen molar-refractivity contribution in [3.63, 3.8) is 0 Å². The van der Waals surface area contributed by atoms with Crippen LogP contribution in [0.3, 0.4) is 0 Å². The van der Waals surface area contributed by atoms with Crippen LogP contribution < -0.4 is 5.11 Å². The summed E-state index contributed by atoms with van der Waals surface area (Å²) in [5.41, 5.74) is 0. The summed E-state index contributed by atoms with van der Waals surface area (Å²) >= 11 is 0. The van der Waals surface area contributed by atoms with Gasteiger partial charge in [0.15, 0.2) is 6.10 Å². The van der Waals surface area contributed by atoms with Gasteiger partial charge < -0.3 is 28.6 Å². The number of carboxylic acid groups (broad SMARTS) is 1. The Morgan fingerprint density at radius 3 is 1.81 bits per heavy atom. The molecular weight excluding hydrogens is 606 g/mol. The van der Waals surface area contributed by atoms with Crippen LogP contribution in [0.2, 0.25) is 0 Å². The maximum absolute atomic E-state index is 12.6. The average molecular weight is 674 g/mol. The minimum Gasteiger partial charge on any atom is -0.544 e. The number of aliphatic carboxylic acids is 1. The Hall–Kier alpha value is -2.97. The van der Waals surface area contributed by atoms with Crippen molar-refractivity contribution in [1.29, 1.82) is 0 Å². The lowest BCUT2D eigenvalue weighted by Crippen LogP contribution is -2.55. The second-order valence-electron chi connectivity index (χ2n) is 13.2. The van der Waals surface area contributed by atoms with Crippen molar-refractivity contribution >= 4 is 17.9 Å². The van der Waals surface area contributed by atoms with Crippen molar-refractivity contribution in [1.82, 2.24) is 0 Å². The number of nitrogens with zero attached hydrogens (tertiary/aromatic N) is 1. The molecule has 0 radical (unpaired) electrons. The van der Waals surface area contributed by atoms with Gasteiger partial charge in [0.1, 0.15) is 12.6 Å². The number of likely N-dealkylation sites (N-methyl/N-ethyl adjacent to an activating group) is 1. The number of carbonyl (C=O) groups excluding carboxylic acids is 3. The highest BCUT2D eigenvalue weighted by Crippen LogP contribution is 2.12. The zero-order valence-corrected chi connectivity index (χ0v) is 30.9. The molecule has 0 aromatic rings. The molecule has 2 unspecified atom stereocenters. The van der Waals surface area contributed by atoms with Crippen LogP contribution in [0.4, 0.5) is 0 Å². The fourth-order valence-electron chi connectivity index (χ4n) is 4.82. The lowest BCUT2D eigenvalue weighted by atomic mass is 10.1. The van der Waals surface area contributed by atoms with Crippen molar-refractivity contribution in [3.05, 3.63) is 60.8 Å². The van der Waals surface area contributed by atoms with Crippen LogP contribution in [0.1, 0.15) is 123 Å². The fraction of sp³-hybridized carbons (Fsp3) is 0.675. The summed E-state index contributed by atoms with van der Waals surface area (Å²) in [6.07, 6.45) is 35.3. The van der Waals surface area contributed by atoms with Crippen LogP contribution in [-0.2, 0) is 28.6 Å². The van der Waals surface area contributed by atoms with E-state index in [4.69, 9.17) is 14.2 Å². The lowest BCUT2D eigenvalue weighted by molar-refractivity contribution is -0.889. The van der Waals surface area contributed by atoms with E-state index >= 15 is 0 Å². The first-order valence-electron chi connectivity index (χ1n) is 18.4. The maximum Gasteiger partial charge on any atom is 0.306 e. The molecule has 0 N–H and O–H groups in total. The van der Waals surface area contributed by atoms with E-state index in [-0.39, 0.29) is 42.7 Å². The first kappa shape index (κ1) is 45.0. The molecule has 0 aliphatic rings. The number of esters is 2. The number of rotatable bonds is 31. The molecule has 8 nitrogen and oxygen atoms in total. The van der Waals surface area contributed by atoms with Crippen molar-refractivity contribution in [2.24, 2.45) is 0 Å². The molecule has 0 aromatic heterocycles. The van der Waals surface area contributed by atoms with Crippen molar-refractivity contribution in [2.45, 2.75) is 135 Å². The Bertz CT molecular complexity index is 975. The Kier molecular flexibility index (Phi) is 29.4. The second kappa shape index (κ2) is 31.3. The molecule has 48 heavy (non-hydrogen) atoms. The van der Waals surface area contributed by atoms with Crippen molar-refractivity contribution in [3.8, 4) is 0 Å². The van der Waals surface area contributed by atoms with E-state index in [1.807, 2.05) is 36.5 Å². The number of ether oxygens (including phenoxy) is 3. The molecule has 274 valence electrons. The van der Waals surface area contributed by atoms with Crippen molar-refractivity contribution in [2.75, 3.05) is 41.0 Å².